The molecule has 1 saturated heterocycles. The number of benzene rings is 2. The summed E-state index contributed by atoms with van der Waals surface area (Å²) in [5.41, 5.74) is 3.30. The van der Waals surface area contributed by atoms with Gasteiger partial charge in [-0.2, -0.15) is 4.31 Å². The molecule has 1 amide bonds. The van der Waals surface area contributed by atoms with Gasteiger partial charge in [-0.15, -0.1) is 0 Å². The third-order valence-electron chi connectivity index (χ3n) is 4.59. The van der Waals surface area contributed by atoms with Crippen LogP contribution in [0.5, 0.6) is 0 Å². The van der Waals surface area contributed by atoms with Crippen molar-refractivity contribution in [1.82, 2.24) is 4.31 Å². The first-order valence-electron chi connectivity index (χ1n) is 8.84. The first kappa shape index (κ1) is 19.5. The van der Waals surface area contributed by atoms with Crippen molar-refractivity contribution in [2.45, 2.75) is 31.8 Å². The standard InChI is InChI=1S/C20H24N2O4S/c1-14-4-6-17(7-5-14)19-13-22(10-11-26-19)27(24,25)20-9-8-18(12-15(20)2)21-16(3)23/h4-9,12,19H,10-11,13H2,1-3H3,(H,21,23). The summed E-state index contributed by atoms with van der Waals surface area (Å²) in [4.78, 5) is 11.4. The summed E-state index contributed by atoms with van der Waals surface area (Å²) in [5.74, 6) is -0.195. The van der Waals surface area contributed by atoms with Crippen molar-refractivity contribution in [2.24, 2.45) is 0 Å². The van der Waals surface area contributed by atoms with E-state index < -0.39 is 10.0 Å². The number of rotatable bonds is 4. The van der Waals surface area contributed by atoms with E-state index in [1.54, 1.807) is 25.1 Å². The smallest absolute Gasteiger partial charge is 0.243 e. The van der Waals surface area contributed by atoms with Crippen LogP contribution in [0.2, 0.25) is 0 Å². The van der Waals surface area contributed by atoms with E-state index in [4.69, 9.17) is 4.74 Å². The van der Waals surface area contributed by atoms with Crippen LogP contribution >= 0.6 is 0 Å². The zero-order valence-electron chi connectivity index (χ0n) is 15.7. The Bertz CT molecular complexity index is 939. The van der Waals surface area contributed by atoms with E-state index in [0.717, 1.165) is 11.1 Å². The molecule has 0 radical (unpaired) electrons. The molecule has 1 fully saturated rings. The molecule has 1 N–H and O–H groups in total. The Morgan fingerprint density at radius 1 is 1.15 bits per heavy atom. The molecule has 144 valence electrons. The van der Waals surface area contributed by atoms with Gasteiger partial charge in [0, 0.05) is 25.7 Å². The fourth-order valence-corrected chi connectivity index (χ4v) is 4.82. The summed E-state index contributed by atoms with van der Waals surface area (Å²) < 4.78 is 33.6. The quantitative estimate of drug-likeness (QED) is 0.874. The largest absolute Gasteiger partial charge is 0.371 e. The van der Waals surface area contributed by atoms with Gasteiger partial charge < -0.3 is 10.1 Å². The van der Waals surface area contributed by atoms with Crippen molar-refractivity contribution in [2.75, 3.05) is 25.0 Å². The van der Waals surface area contributed by atoms with Crippen molar-refractivity contribution in [1.29, 1.82) is 0 Å². The highest BCUT2D eigenvalue weighted by Crippen LogP contribution is 2.29. The number of ether oxygens (including phenoxy) is 1. The van der Waals surface area contributed by atoms with E-state index in [2.05, 4.69) is 5.32 Å². The number of anilines is 1. The second kappa shape index (κ2) is 7.80. The van der Waals surface area contributed by atoms with E-state index in [-0.39, 0.29) is 23.5 Å². The molecule has 2 aromatic rings. The topological polar surface area (TPSA) is 75.7 Å². The van der Waals surface area contributed by atoms with E-state index in [1.165, 1.54) is 11.2 Å². The van der Waals surface area contributed by atoms with Crippen LogP contribution in [0.3, 0.4) is 0 Å². The first-order valence-corrected chi connectivity index (χ1v) is 10.3. The SMILES string of the molecule is CC(=O)Nc1ccc(S(=O)(=O)N2CCOC(c3ccc(C)cc3)C2)c(C)c1. The molecule has 1 heterocycles. The summed E-state index contributed by atoms with van der Waals surface area (Å²) in [5, 5.41) is 2.67. The highest BCUT2D eigenvalue weighted by atomic mass is 32.2. The normalized spacial score (nSPS) is 18.3. The Balaban J connectivity index is 1.83. The zero-order valence-corrected chi connectivity index (χ0v) is 16.5. The molecule has 27 heavy (non-hydrogen) atoms. The number of nitrogens with one attached hydrogen (secondary N) is 1. The summed E-state index contributed by atoms with van der Waals surface area (Å²) in [6.07, 6.45) is -0.284. The summed E-state index contributed by atoms with van der Waals surface area (Å²) in [7, 11) is -3.65. The van der Waals surface area contributed by atoms with Gasteiger partial charge >= 0.3 is 0 Å². The molecule has 1 aliphatic heterocycles. The van der Waals surface area contributed by atoms with Crippen LogP contribution < -0.4 is 5.32 Å². The van der Waals surface area contributed by atoms with Gasteiger partial charge in [-0.3, -0.25) is 4.79 Å². The van der Waals surface area contributed by atoms with Crippen LogP contribution in [-0.2, 0) is 19.6 Å². The van der Waals surface area contributed by atoms with Gasteiger partial charge in [-0.25, -0.2) is 8.42 Å². The molecule has 3 rings (SSSR count). The van der Waals surface area contributed by atoms with Crippen molar-refractivity contribution >= 4 is 21.6 Å². The lowest BCUT2D eigenvalue weighted by Crippen LogP contribution is -2.42. The molecule has 1 atom stereocenters. The Morgan fingerprint density at radius 3 is 2.48 bits per heavy atom. The fourth-order valence-electron chi connectivity index (χ4n) is 3.19. The average molecular weight is 388 g/mol. The molecule has 1 unspecified atom stereocenters. The minimum atomic E-state index is -3.65. The molecule has 0 aliphatic carbocycles. The van der Waals surface area contributed by atoms with E-state index >= 15 is 0 Å². The van der Waals surface area contributed by atoms with Crippen molar-refractivity contribution in [3.05, 3.63) is 59.2 Å². The van der Waals surface area contributed by atoms with Gasteiger partial charge in [0.25, 0.3) is 0 Å². The van der Waals surface area contributed by atoms with Gasteiger partial charge in [0.15, 0.2) is 0 Å². The maximum absolute atomic E-state index is 13.2. The minimum absolute atomic E-state index is 0.195. The van der Waals surface area contributed by atoms with Gasteiger partial charge in [0.2, 0.25) is 15.9 Å². The zero-order chi connectivity index (χ0) is 19.6. The molecule has 0 spiro atoms. The molecule has 1 aliphatic rings. The van der Waals surface area contributed by atoms with Gasteiger partial charge in [0.05, 0.1) is 17.6 Å². The molecule has 0 bridgehead atoms. The predicted molar refractivity (Wildman–Crippen MR) is 104 cm³/mol. The summed E-state index contributed by atoms with van der Waals surface area (Å²) in [6, 6.07) is 12.8. The lowest BCUT2D eigenvalue weighted by atomic mass is 10.1. The number of hydrogen-bond donors (Lipinski definition) is 1. The van der Waals surface area contributed by atoms with Gasteiger partial charge in [-0.05, 0) is 43.2 Å². The van der Waals surface area contributed by atoms with Gasteiger partial charge in [0.1, 0.15) is 0 Å². The number of aryl methyl sites for hydroxylation is 2. The molecule has 6 nitrogen and oxygen atoms in total. The molecule has 0 aromatic heterocycles. The van der Waals surface area contributed by atoms with Crippen LogP contribution in [0.15, 0.2) is 47.4 Å². The summed E-state index contributed by atoms with van der Waals surface area (Å²) in [6.45, 7) is 6.10. The van der Waals surface area contributed by atoms with Gasteiger partial charge in [-0.1, -0.05) is 29.8 Å². The molecule has 2 aromatic carbocycles. The van der Waals surface area contributed by atoms with Crippen LogP contribution in [-0.4, -0.2) is 38.3 Å². The maximum Gasteiger partial charge on any atom is 0.243 e. The van der Waals surface area contributed by atoms with Crippen molar-refractivity contribution < 1.29 is 17.9 Å². The van der Waals surface area contributed by atoms with Crippen molar-refractivity contribution in [3.8, 4) is 0 Å². The van der Waals surface area contributed by atoms with E-state index in [9.17, 15) is 13.2 Å². The number of carbonyl (C=O) groups excluding carboxylic acids is 1. The number of sulfonamides is 1. The Morgan fingerprint density at radius 2 is 1.85 bits per heavy atom. The van der Waals surface area contributed by atoms with Crippen LogP contribution in [0.25, 0.3) is 0 Å². The molecular weight excluding hydrogens is 364 g/mol. The van der Waals surface area contributed by atoms with Crippen LogP contribution in [0.4, 0.5) is 5.69 Å². The summed E-state index contributed by atoms with van der Waals surface area (Å²) >= 11 is 0. The Labute approximate surface area is 160 Å². The highest BCUT2D eigenvalue weighted by molar-refractivity contribution is 7.89. The molecule has 0 saturated carbocycles. The van der Waals surface area contributed by atoms with Crippen LogP contribution in [0.1, 0.15) is 29.7 Å². The first-order chi connectivity index (χ1) is 12.8. The highest BCUT2D eigenvalue weighted by Gasteiger charge is 2.32. The van der Waals surface area contributed by atoms with Crippen LogP contribution in [0, 0.1) is 13.8 Å². The van der Waals surface area contributed by atoms with E-state index in [1.807, 2.05) is 31.2 Å². The fraction of sp³-hybridized carbons (Fsp3) is 0.350. The number of nitrogens with zero attached hydrogens (tertiary/aromatic N) is 1. The number of hydrogen-bond acceptors (Lipinski definition) is 4. The molecule has 7 heteroatoms. The van der Waals surface area contributed by atoms with Crippen molar-refractivity contribution in [3.63, 3.8) is 0 Å². The predicted octanol–water partition coefficient (Wildman–Crippen LogP) is 3.02. The third kappa shape index (κ3) is 4.37. The third-order valence-corrected chi connectivity index (χ3v) is 6.62. The van der Waals surface area contributed by atoms with E-state index in [0.29, 0.717) is 24.4 Å². The number of morpholine rings is 1. The maximum atomic E-state index is 13.2. The lowest BCUT2D eigenvalue weighted by molar-refractivity contribution is -0.114. The average Bonchev–Trinajstić information content (AvgIpc) is 2.62. The second-order valence-electron chi connectivity index (χ2n) is 6.79. The number of amides is 1. The minimum Gasteiger partial charge on any atom is -0.371 e. The molecular formula is C20H24N2O4S. The Hall–Kier alpha value is -2.22. The second-order valence-corrected chi connectivity index (χ2v) is 8.70. The lowest BCUT2D eigenvalue weighted by Gasteiger charge is -2.32. The monoisotopic (exact) mass is 388 g/mol. The Kier molecular flexibility index (Phi) is 5.64. The number of carbonyl (C=O) groups is 1.